The van der Waals surface area contributed by atoms with Gasteiger partial charge in [0.05, 0.1) is 12.7 Å². The Morgan fingerprint density at radius 1 is 1.67 bits per heavy atom. The SMILES string of the molecule is CCOC(=O)/N=[N+](/[O-])OC(C)C. The van der Waals surface area contributed by atoms with Gasteiger partial charge in [0.25, 0.3) is 0 Å². The van der Waals surface area contributed by atoms with Crippen LogP contribution in [0.25, 0.3) is 0 Å². The molecule has 12 heavy (non-hydrogen) atoms. The Morgan fingerprint density at radius 2 is 2.25 bits per heavy atom. The van der Waals surface area contributed by atoms with Crippen molar-refractivity contribution in [1.29, 1.82) is 0 Å². The van der Waals surface area contributed by atoms with Crippen molar-refractivity contribution in [2.24, 2.45) is 5.11 Å². The highest BCUT2D eigenvalue weighted by Crippen LogP contribution is 1.91. The van der Waals surface area contributed by atoms with Gasteiger partial charge in [-0.2, -0.15) is 0 Å². The van der Waals surface area contributed by atoms with Gasteiger partial charge in [0.1, 0.15) is 5.11 Å². The van der Waals surface area contributed by atoms with Crippen LogP contribution in [0.2, 0.25) is 0 Å². The molecule has 0 N–H and O–H groups in total. The number of ether oxygens (including phenoxy) is 1. The van der Waals surface area contributed by atoms with Crippen molar-refractivity contribution in [2.75, 3.05) is 6.61 Å². The Kier molecular flexibility index (Phi) is 4.75. The van der Waals surface area contributed by atoms with Crippen molar-refractivity contribution in [1.82, 2.24) is 0 Å². The lowest BCUT2D eigenvalue weighted by atomic mass is 10.5. The summed E-state index contributed by atoms with van der Waals surface area (Å²) in [7, 11) is 0. The monoisotopic (exact) mass is 176 g/mol. The molecule has 0 aliphatic heterocycles. The Balaban J connectivity index is 3.89. The first kappa shape index (κ1) is 10.7. The van der Waals surface area contributed by atoms with Crippen molar-refractivity contribution >= 4 is 6.09 Å². The van der Waals surface area contributed by atoms with E-state index in [0.717, 1.165) is 0 Å². The van der Waals surface area contributed by atoms with E-state index in [1.807, 2.05) is 0 Å². The first-order valence-electron chi connectivity index (χ1n) is 3.58. The predicted molar refractivity (Wildman–Crippen MR) is 39.3 cm³/mol. The van der Waals surface area contributed by atoms with Gasteiger partial charge in [-0.25, -0.2) is 10.0 Å². The molecule has 0 fully saturated rings. The molecule has 0 aromatic heterocycles. The summed E-state index contributed by atoms with van der Waals surface area (Å²) in [6.45, 7) is 5.08. The van der Waals surface area contributed by atoms with Gasteiger partial charge >= 0.3 is 6.09 Å². The Labute approximate surface area is 70.3 Å². The smallest absolute Gasteiger partial charge is 0.444 e. The van der Waals surface area contributed by atoms with Gasteiger partial charge in [-0.1, -0.05) is 0 Å². The fraction of sp³-hybridized carbons (Fsp3) is 0.833. The summed E-state index contributed by atoms with van der Waals surface area (Å²) in [6, 6.07) is 0. The molecule has 70 valence electrons. The highest BCUT2D eigenvalue weighted by molar-refractivity contribution is 5.66. The third-order valence-electron chi connectivity index (χ3n) is 0.732. The van der Waals surface area contributed by atoms with E-state index < -0.39 is 6.09 Å². The summed E-state index contributed by atoms with van der Waals surface area (Å²) in [5.41, 5.74) is 0. The van der Waals surface area contributed by atoms with E-state index in [1.54, 1.807) is 20.8 Å². The molecule has 0 heterocycles. The minimum absolute atomic E-state index is 0.150. The number of rotatable bonds is 3. The average molecular weight is 176 g/mol. The molecule has 0 bridgehead atoms. The average Bonchev–Trinajstić information content (AvgIpc) is 1.84. The molecule has 0 radical (unpaired) electrons. The molecular formula is C6H12N2O4. The molecule has 6 heteroatoms. The molecule has 0 aliphatic rings. The normalized spacial score (nSPS) is 11.5. The third-order valence-corrected chi connectivity index (χ3v) is 0.732. The van der Waals surface area contributed by atoms with Gasteiger partial charge in [-0.05, 0) is 20.8 Å². The van der Waals surface area contributed by atoms with Crippen LogP contribution < -0.4 is 0 Å². The zero-order valence-corrected chi connectivity index (χ0v) is 7.31. The van der Waals surface area contributed by atoms with Crippen LogP contribution >= 0.6 is 0 Å². The number of hydrogen-bond acceptors (Lipinski definition) is 4. The third kappa shape index (κ3) is 5.45. The molecule has 0 aliphatic carbocycles. The first-order valence-corrected chi connectivity index (χ1v) is 3.58. The molecule has 0 aromatic rings. The number of amides is 1. The summed E-state index contributed by atoms with van der Waals surface area (Å²) in [6.07, 6.45) is -1.27. The fourth-order valence-corrected chi connectivity index (χ4v) is 0.423. The number of nitrogens with zero attached hydrogens (tertiary/aromatic N) is 2. The van der Waals surface area contributed by atoms with E-state index in [4.69, 9.17) is 0 Å². The minimum Gasteiger partial charge on any atom is -0.444 e. The van der Waals surface area contributed by atoms with Crippen LogP contribution in [0, 0.1) is 5.21 Å². The van der Waals surface area contributed by atoms with Crippen LogP contribution in [0.4, 0.5) is 4.79 Å². The maximum absolute atomic E-state index is 10.6. The number of carbonyl (C=O) groups excluding carboxylic acids is 1. The molecule has 6 nitrogen and oxygen atoms in total. The topological polar surface area (TPSA) is 74.0 Å². The molecule has 0 aromatic carbocycles. The standard InChI is InChI=1S/C6H12N2O4/c1-4-11-6(9)7-8(10)12-5(2)3/h5H,4H2,1-3H3/b8-7-. The summed E-state index contributed by atoms with van der Waals surface area (Å²) >= 11 is 0. The van der Waals surface area contributed by atoms with Gasteiger partial charge < -0.3 is 9.57 Å². The van der Waals surface area contributed by atoms with Crippen LogP contribution in [-0.2, 0) is 9.57 Å². The quantitative estimate of drug-likeness (QED) is 0.481. The Morgan fingerprint density at radius 3 is 2.67 bits per heavy atom. The van der Waals surface area contributed by atoms with E-state index in [1.165, 1.54) is 0 Å². The van der Waals surface area contributed by atoms with Crippen LogP contribution in [0.5, 0.6) is 0 Å². The highest BCUT2D eigenvalue weighted by atomic mass is 16.9. The first-order chi connectivity index (χ1) is 5.56. The molecule has 0 spiro atoms. The van der Waals surface area contributed by atoms with Gasteiger partial charge in [-0.3, -0.25) is 0 Å². The molecule has 0 saturated carbocycles. The van der Waals surface area contributed by atoms with Crippen LogP contribution in [0.1, 0.15) is 20.8 Å². The number of hydrogen-bond donors (Lipinski definition) is 0. The van der Waals surface area contributed by atoms with Crippen molar-refractivity contribution in [3.05, 3.63) is 5.21 Å². The van der Waals surface area contributed by atoms with Crippen LogP contribution in [0.15, 0.2) is 5.11 Å². The van der Waals surface area contributed by atoms with Crippen molar-refractivity contribution in [2.45, 2.75) is 26.9 Å². The predicted octanol–water partition coefficient (Wildman–Crippen LogP) is 1.45. The zero-order valence-electron chi connectivity index (χ0n) is 7.31. The van der Waals surface area contributed by atoms with Crippen molar-refractivity contribution in [3.8, 4) is 0 Å². The van der Waals surface area contributed by atoms with Gasteiger partial charge in [0, 0.05) is 0 Å². The maximum atomic E-state index is 10.6. The summed E-state index contributed by atoms with van der Waals surface area (Å²) in [4.78, 5) is 15.0. The van der Waals surface area contributed by atoms with Crippen LogP contribution in [0.3, 0.4) is 0 Å². The zero-order chi connectivity index (χ0) is 9.56. The van der Waals surface area contributed by atoms with Crippen molar-refractivity contribution in [3.63, 3.8) is 0 Å². The number of carbonyl (C=O) groups is 1. The van der Waals surface area contributed by atoms with E-state index in [9.17, 15) is 10.0 Å². The van der Waals surface area contributed by atoms with E-state index >= 15 is 0 Å². The molecule has 0 rings (SSSR count). The largest absolute Gasteiger partial charge is 0.497 e. The highest BCUT2D eigenvalue weighted by Gasteiger charge is 2.06. The molecule has 0 unspecified atom stereocenters. The Hall–Kier alpha value is -1.33. The lowest BCUT2D eigenvalue weighted by Crippen LogP contribution is -2.12. The van der Waals surface area contributed by atoms with Gasteiger partial charge in [0.2, 0.25) is 0 Å². The fourth-order valence-electron chi connectivity index (χ4n) is 0.423. The van der Waals surface area contributed by atoms with Gasteiger partial charge in [0.15, 0.2) is 5.02 Å². The van der Waals surface area contributed by atoms with Crippen molar-refractivity contribution < 1.29 is 19.4 Å². The summed E-state index contributed by atoms with van der Waals surface area (Å²) in [5, 5.41) is 13.3. The van der Waals surface area contributed by atoms with E-state index in [2.05, 4.69) is 14.7 Å². The van der Waals surface area contributed by atoms with Gasteiger partial charge in [-0.15, -0.1) is 0 Å². The molecule has 1 amide bonds. The minimum atomic E-state index is -0.951. The molecular weight excluding hydrogens is 164 g/mol. The van der Waals surface area contributed by atoms with E-state index in [0.29, 0.717) is 0 Å². The maximum Gasteiger partial charge on any atom is 0.497 e. The molecule has 0 saturated heterocycles. The van der Waals surface area contributed by atoms with Crippen LogP contribution in [-0.4, -0.2) is 23.8 Å². The lowest BCUT2D eigenvalue weighted by Gasteiger charge is -2.04. The second-order valence-electron chi connectivity index (χ2n) is 2.19. The van der Waals surface area contributed by atoms with E-state index in [-0.39, 0.29) is 17.7 Å². The summed E-state index contributed by atoms with van der Waals surface area (Å²) in [5.74, 6) is 0. The Bertz CT molecular complexity index is 178. The summed E-state index contributed by atoms with van der Waals surface area (Å²) < 4.78 is 4.37. The molecule has 0 atom stereocenters. The lowest BCUT2D eigenvalue weighted by molar-refractivity contribution is -0.795. The second-order valence-corrected chi connectivity index (χ2v) is 2.19. The second kappa shape index (κ2) is 5.34.